The van der Waals surface area contributed by atoms with Gasteiger partial charge < -0.3 is 4.74 Å². The van der Waals surface area contributed by atoms with E-state index in [-0.39, 0.29) is 0 Å². The molecule has 0 saturated carbocycles. The van der Waals surface area contributed by atoms with Crippen LogP contribution in [-0.2, 0) is 14.9 Å². The van der Waals surface area contributed by atoms with Gasteiger partial charge in [0.1, 0.15) is 0 Å². The first-order chi connectivity index (χ1) is 7.67. The maximum atomic E-state index is 11.8. The maximum absolute atomic E-state index is 11.8. The lowest BCUT2D eigenvalue weighted by Gasteiger charge is -2.25. The number of ether oxygens (including phenoxy) is 1. The van der Waals surface area contributed by atoms with Crippen molar-refractivity contribution in [3.05, 3.63) is 0 Å². The molecule has 5 nitrogen and oxygen atoms in total. The summed E-state index contributed by atoms with van der Waals surface area (Å²) in [5.41, 5.74) is 0. The Labute approximate surface area is 106 Å². The van der Waals surface area contributed by atoms with E-state index < -0.39 is 10.2 Å². The second kappa shape index (κ2) is 7.60. The van der Waals surface area contributed by atoms with E-state index in [9.17, 15) is 8.42 Å². The highest BCUT2D eigenvalue weighted by Crippen LogP contribution is 2.11. The molecule has 1 N–H and O–H groups in total. The zero-order chi connectivity index (χ0) is 11.9. The van der Waals surface area contributed by atoms with E-state index in [1.807, 2.05) is 0 Å². The Morgan fingerprint density at radius 2 is 1.88 bits per heavy atom. The summed E-state index contributed by atoms with van der Waals surface area (Å²) in [5.74, 6) is 0. The molecule has 0 spiro atoms. The minimum absolute atomic E-state index is 0.339. The molecule has 0 unspecified atom stereocenters. The molecule has 0 aromatic heterocycles. The van der Waals surface area contributed by atoms with E-state index in [1.165, 1.54) is 4.31 Å². The van der Waals surface area contributed by atoms with Gasteiger partial charge in [0.2, 0.25) is 0 Å². The van der Waals surface area contributed by atoms with Gasteiger partial charge in [0, 0.05) is 25.0 Å². The van der Waals surface area contributed by atoms with Crippen LogP contribution in [0.25, 0.3) is 0 Å². The molecule has 7 heteroatoms. The second-order valence-electron chi connectivity index (χ2n) is 3.66. The van der Waals surface area contributed by atoms with E-state index in [0.717, 1.165) is 24.6 Å². The van der Waals surface area contributed by atoms with Crippen LogP contribution in [0.1, 0.15) is 19.3 Å². The Morgan fingerprint density at radius 1 is 1.19 bits per heavy atom. The number of alkyl halides is 1. The van der Waals surface area contributed by atoms with Gasteiger partial charge in [0.05, 0.1) is 13.2 Å². The standard InChI is InChI=1S/C9H19BrN2O3S/c10-4-8-15-9-5-11-16(13,14)12-6-2-1-3-7-12/h11H,1-9H2. The van der Waals surface area contributed by atoms with E-state index in [4.69, 9.17) is 4.74 Å². The lowest BCUT2D eigenvalue weighted by Crippen LogP contribution is -2.44. The second-order valence-corrected chi connectivity index (χ2v) is 6.21. The zero-order valence-electron chi connectivity index (χ0n) is 9.32. The van der Waals surface area contributed by atoms with Gasteiger partial charge in [-0.1, -0.05) is 22.4 Å². The average molecular weight is 315 g/mol. The fourth-order valence-electron chi connectivity index (χ4n) is 1.60. The Bertz CT molecular complexity index is 278. The van der Waals surface area contributed by atoms with Crippen LogP contribution in [0.2, 0.25) is 0 Å². The van der Waals surface area contributed by atoms with Crippen molar-refractivity contribution in [2.45, 2.75) is 19.3 Å². The van der Waals surface area contributed by atoms with E-state index in [1.54, 1.807) is 0 Å². The van der Waals surface area contributed by atoms with Crippen LogP contribution in [0.4, 0.5) is 0 Å². The summed E-state index contributed by atoms with van der Waals surface area (Å²) in [5, 5.41) is 0.770. The number of nitrogens with zero attached hydrogens (tertiary/aromatic N) is 1. The molecule has 16 heavy (non-hydrogen) atoms. The lowest BCUT2D eigenvalue weighted by atomic mass is 10.2. The van der Waals surface area contributed by atoms with Crippen molar-refractivity contribution in [3.8, 4) is 0 Å². The lowest BCUT2D eigenvalue weighted by molar-refractivity contribution is 0.155. The molecule has 1 saturated heterocycles. The van der Waals surface area contributed by atoms with Crippen LogP contribution >= 0.6 is 15.9 Å². The zero-order valence-corrected chi connectivity index (χ0v) is 11.7. The van der Waals surface area contributed by atoms with Gasteiger partial charge in [-0.25, -0.2) is 0 Å². The predicted molar refractivity (Wildman–Crippen MR) is 67.0 cm³/mol. The van der Waals surface area contributed by atoms with Crippen molar-refractivity contribution in [1.29, 1.82) is 0 Å². The summed E-state index contributed by atoms with van der Waals surface area (Å²) in [4.78, 5) is 0. The summed E-state index contributed by atoms with van der Waals surface area (Å²) in [6, 6.07) is 0. The van der Waals surface area contributed by atoms with Gasteiger partial charge >= 0.3 is 0 Å². The molecule has 0 radical (unpaired) electrons. The van der Waals surface area contributed by atoms with Gasteiger partial charge in [-0.2, -0.15) is 17.4 Å². The molecule has 0 aliphatic carbocycles. The Morgan fingerprint density at radius 3 is 2.50 bits per heavy atom. The van der Waals surface area contributed by atoms with E-state index in [2.05, 4.69) is 20.7 Å². The number of nitrogens with one attached hydrogen (secondary N) is 1. The minimum atomic E-state index is -3.28. The average Bonchev–Trinajstić information content (AvgIpc) is 2.30. The third kappa shape index (κ3) is 5.09. The van der Waals surface area contributed by atoms with E-state index >= 15 is 0 Å². The Hall–Kier alpha value is 0.310. The molecule has 1 fully saturated rings. The maximum Gasteiger partial charge on any atom is 0.279 e. The SMILES string of the molecule is O=S(=O)(NCCOCCBr)N1CCCCC1. The van der Waals surface area contributed by atoms with Gasteiger partial charge in [-0.3, -0.25) is 0 Å². The molecule has 1 aliphatic heterocycles. The highest BCUT2D eigenvalue weighted by Gasteiger charge is 2.22. The monoisotopic (exact) mass is 314 g/mol. The summed E-state index contributed by atoms with van der Waals surface area (Å²) < 4.78 is 32.8. The molecule has 1 aliphatic rings. The van der Waals surface area contributed by atoms with Crippen LogP contribution in [0.15, 0.2) is 0 Å². The highest BCUT2D eigenvalue weighted by molar-refractivity contribution is 9.09. The van der Waals surface area contributed by atoms with Crippen molar-refractivity contribution in [3.63, 3.8) is 0 Å². The normalized spacial score (nSPS) is 18.8. The van der Waals surface area contributed by atoms with Gasteiger partial charge in [0.25, 0.3) is 10.2 Å². The van der Waals surface area contributed by atoms with Gasteiger partial charge in [-0.05, 0) is 12.8 Å². The Kier molecular flexibility index (Phi) is 6.83. The van der Waals surface area contributed by atoms with Crippen LogP contribution in [0, 0.1) is 0 Å². The number of rotatable bonds is 7. The fourth-order valence-corrected chi connectivity index (χ4v) is 3.09. The first kappa shape index (κ1) is 14.4. The minimum Gasteiger partial charge on any atom is -0.379 e. The smallest absolute Gasteiger partial charge is 0.279 e. The molecule has 96 valence electrons. The Balaban J connectivity index is 2.22. The number of halogens is 1. The summed E-state index contributed by atoms with van der Waals surface area (Å²) in [7, 11) is -3.28. The quantitative estimate of drug-likeness (QED) is 0.556. The first-order valence-electron chi connectivity index (χ1n) is 5.55. The topological polar surface area (TPSA) is 58.6 Å². The summed E-state index contributed by atoms with van der Waals surface area (Å²) in [6.45, 7) is 2.63. The van der Waals surface area contributed by atoms with Crippen molar-refractivity contribution >= 4 is 26.1 Å². The van der Waals surface area contributed by atoms with Gasteiger partial charge in [0.15, 0.2) is 0 Å². The molecule has 0 aromatic rings. The summed E-state index contributed by atoms with van der Waals surface area (Å²) in [6.07, 6.45) is 3.04. The van der Waals surface area contributed by atoms with Gasteiger partial charge in [-0.15, -0.1) is 0 Å². The van der Waals surface area contributed by atoms with Crippen molar-refractivity contribution < 1.29 is 13.2 Å². The number of hydrogen-bond acceptors (Lipinski definition) is 3. The van der Waals surface area contributed by atoms with Crippen LogP contribution in [0.5, 0.6) is 0 Å². The first-order valence-corrected chi connectivity index (χ1v) is 8.11. The molecule has 1 heterocycles. The fraction of sp³-hybridized carbons (Fsp3) is 1.00. The summed E-state index contributed by atoms with van der Waals surface area (Å²) >= 11 is 3.23. The molecule has 1 rings (SSSR count). The van der Waals surface area contributed by atoms with Crippen LogP contribution in [-0.4, -0.2) is 50.9 Å². The molecule has 0 aromatic carbocycles. The third-order valence-electron chi connectivity index (χ3n) is 2.41. The van der Waals surface area contributed by atoms with Crippen molar-refractivity contribution in [1.82, 2.24) is 9.03 Å². The molecule has 0 bridgehead atoms. The molecular weight excluding hydrogens is 296 g/mol. The predicted octanol–water partition coefficient (Wildman–Crippen LogP) is 0.718. The molecular formula is C9H19BrN2O3S. The number of hydrogen-bond donors (Lipinski definition) is 1. The largest absolute Gasteiger partial charge is 0.379 e. The third-order valence-corrected chi connectivity index (χ3v) is 4.34. The molecule has 0 atom stereocenters. The number of piperidine rings is 1. The van der Waals surface area contributed by atoms with Crippen LogP contribution in [0.3, 0.4) is 0 Å². The van der Waals surface area contributed by atoms with Crippen LogP contribution < -0.4 is 4.72 Å². The van der Waals surface area contributed by atoms with Crippen molar-refractivity contribution in [2.24, 2.45) is 0 Å². The molecule has 0 amide bonds. The van der Waals surface area contributed by atoms with Crippen molar-refractivity contribution in [2.75, 3.05) is 38.2 Å². The highest BCUT2D eigenvalue weighted by atomic mass is 79.9. The van der Waals surface area contributed by atoms with E-state index in [0.29, 0.717) is 32.8 Å².